The van der Waals surface area contributed by atoms with Crippen LogP contribution in [0.1, 0.15) is 38.3 Å². The molecular formula is C21H28BrNO2. The molecule has 0 amide bonds. The lowest BCUT2D eigenvalue weighted by Gasteiger charge is -2.17. The molecule has 0 fully saturated rings. The number of hydrogen-bond donors (Lipinski definition) is 1. The van der Waals surface area contributed by atoms with Crippen LogP contribution in [-0.2, 0) is 13.0 Å². The van der Waals surface area contributed by atoms with Crippen molar-refractivity contribution in [2.75, 3.05) is 13.2 Å². The van der Waals surface area contributed by atoms with Crippen LogP contribution in [0, 0.1) is 0 Å². The minimum Gasteiger partial charge on any atom is -0.490 e. The Balaban J connectivity index is 1.92. The number of hydrogen-bond acceptors (Lipinski definition) is 3. The zero-order valence-electron chi connectivity index (χ0n) is 15.3. The summed E-state index contributed by atoms with van der Waals surface area (Å²) in [6.45, 7) is 8.24. The molecule has 0 saturated carbocycles. The van der Waals surface area contributed by atoms with Gasteiger partial charge in [0.15, 0.2) is 11.5 Å². The van der Waals surface area contributed by atoms with Gasteiger partial charge in [-0.25, -0.2) is 0 Å². The van der Waals surface area contributed by atoms with Gasteiger partial charge in [0.2, 0.25) is 0 Å². The number of rotatable bonds is 10. The molecule has 25 heavy (non-hydrogen) atoms. The lowest BCUT2D eigenvalue weighted by atomic mass is 10.1. The molecule has 3 nitrogen and oxygen atoms in total. The van der Waals surface area contributed by atoms with E-state index in [1.165, 1.54) is 11.1 Å². The summed E-state index contributed by atoms with van der Waals surface area (Å²) >= 11 is 3.60. The second-order valence-corrected chi connectivity index (χ2v) is 6.93. The molecule has 0 saturated heterocycles. The first-order chi connectivity index (χ1) is 12.1. The van der Waals surface area contributed by atoms with Gasteiger partial charge in [-0.1, -0.05) is 30.3 Å². The van der Waals surface area contributed by atoms with Gasteiger partial charge in [-0.05, 0) is 72.8 Å². The van der Waals surface area contributed by atoms with E-state index in [1.807, 2.05) is 13.8 Å². The van der Waals surface area contributed by atoms with Crippen LogP contribution in [0.25, 0.3) is 0 Å². The van der Waals surface area contributed by atoms with E-state index < -0.39 is 0 Å². The predicted molar refractivity (Wildman–Crippen MR) is 108 cm³/mol. The molecule has 0 aromatic heterocycles. The summed E-state index contributed by atoms with van der Waals surface area (Å²) in [6, 6.07) is 15.2. The molecule has 0 bridgehead atoms. The zero-order valence-corrected chi connectivity index (χ0v) is 16.9. The fourth-order valence-electron chi connectivity index (χ4n) is 2.69. The summed E-state index contributed by atoms with van der Waals surface area (Å²) in [5.41, 5.74) is 2.57. The van der Waals surface area contributed by atoms with Crippen molar-refractivity contribution in [3.63, 3.8) is 0 Å². The number of ether oxygens (including phenoxy) is 2. The van der Waals surface area contributed by atoms with Gasteiger partial charge in [-0.2, -0.15) is 0 Å². The lowest BCUT2D eigenvalue weighted by Crippen LogP contribution is -2.26. The standard InChI is InChI=1S/C21H28BrNO2/c1-4-24-20-14-18(13-19(22)21(20)25-5-2)15-23-16(3)11-12-17-9-7-6-8-10-17/h6-10,13-14,16,23H,4-5,11-12,15H2,1-3H3/t16-/m1/s1. The Morgan fingerprint density at radius 2 is 1.72 bits per heavy atom. The minimum absolute atomic E-state index is 0.445. The summed E-state index contributed by atoms with van der Waals surface area (Å²) in [6.07, 6.45) is 2.20. The second kappa shape index (κ2) is 10.5. The van der Waals surface area contributed by atoms with Crippen molar-refractivity contribution in [3.8, 4) is 11.5 Å². The molecule has 0 radical (unpaired) electrons. The first-order valence-electron chi connectivity index (χ1n) is 8.99. The van der Waals surface area contributed by atoms with E-state index >= 15 is 0 Å². The Kier molecular flexibility index (Phi) is 8.29. The monoisotopic (exact) mass is 405 g/mol. The molecule has 2 aromatic carbocycles. The first-order valence-corrected chi connectivity index (χ1v) is 9.78. The van der Waals surface area contributed by atoms with Crippen molar-refractivity contribution in [2.45, 2.75) is 46.2 Å². The van der Waals surface area contributed by atoms with Crippen molar-refractivity contribution in [2.24, 2.45) is 0 Å². The van der Waals surface area contributed by atoms with Gasteiger partial charge in [-0.3, -0.25) is 0 Å². The molecule has 2 rings (SSSR count). The van der Waals surface area contributed by atoms with Crippen LogP contribution < -0.4 is 14.8 Å². The average Bonchev–Trinajstić information content (AvgIpc) is 2.62. The number of benzene rings is 2. The van der Waals surface area contributed by atoms with E-state index in [4.69, 9.17) is 9.47 Å². The van der Waals surface area contributed by atoms with E-state index in [0.29, 0.717) is 19.3 Å². The van der Waals surface area contributed by atoms with Gasteiger partial charge in [0.25, 0.3) is 0 Å². The zero-order chi connectivity index (χ0) is 18.1. The van der Waals surface area contributed by atoms with E-state index in [9.17, 15) is 0 Å². The summed E-state index contributed by atoms with van der Waals surface area (Å²) in [4.78, 5) is 0. The molecule has 2 aromatic rings. The van der Waals surface area contributed by atoms with Crippen molar-refractivity contribution in [1.82, 2.24) is 5.32 Å². The molecule has 0 heterocycles. The third-order valence-electron chi connectivity index (χ3n) is 4.02. The maximum atomic E-state index is 5.74. The molecule has 4 heteroatoms. The fourth-order valence-corrected chi connectivity index (χ4v) is 3.30. The highest BCUT2D eigenvalue weighted by molar-refractivity contribution is 9.10. The second-order valence-electron chi connectivity index (χ2n) is 6.08. The van der Waals surface area contributed by atoms with Crippen LogP contribution >= 0.6 is 15.9 Å². The summed E-state index contributed by atoms with van der Waals surface area (Å²) in [5.74, 6) is 1.58. The smallest absolute Gasteiger partial charge is 0.175 e. The van der Waals surface area contributed by atoms with E-state index in [-0.39, 0.29) is 0 Å². The van der Waals surface area contributed by atoms with Gasteiger partial charge in [-0.15, -0.1) is 0 Å². The Morgan fingerprint density at radius 1 is 1.00 bits per heavy atom. The van der Waals surface area contributed by atoms with Gasteiger partial charge in [0.1, 0.15) is 0 Å². The Morgan fingerprint density at radius 3 is 2.40 bits per heavy atom. The maximum Gasteiger partial charge on any atom is 0.175 e. The van der Waals surface area contributed by atoms with Crippen LogP contribution in [0.2, 0.25) is 0 Å². The fraction of sp³-hybridized carbons (Fsp3) is 0.429. The Labute approximate surface area is 159 Å². The quantitative estimate of drug-likeness (QED) is 0.577. The van der Waals surface area contributed by atoms with Crippen molar-refractivity contribution in [1.29, 1.82) is 0 Å². The molecule has 0 unspecified atom stereocenters. The molecule has 1 atom stereocenters. The number of nitrogens with one attached hydrogen (secondary N) is 1. The van der Waals surface area contributed by atoms with Crippen LogP contribution in [0.5, 0.6) is 11.5 Å². The third kappa shape index (κ3) is 6.37. The van der Waals surface area contributed by atoms with Crippen molar-refractivity contribution in [3.05, 3.63) is 58.1 Å². The first kappa shape index (κ1) is 19.8. The van der Waals surface area contributed by atoms with Gasteiger partial charge in [0.05, 0.1) is 17.7 Å². The highest BCUT2D eigenvalue weighted by atomic mass is 79.9. The SMILES string of the molecule is CCOc1cc(CN[C@H](C)CCc2ccccc2)cc(Br)c1OCC. The highest BCUT2D eigenvalue weighted by Crippen LogP contribution is 2.37. The van der Waals surface area contributed by atoms with Crippen LogP contribution in [0.3, 0.4) is 0 Å². The van der Waals surface area contributed by atoms with Crippen LogP contribution in [0.15, 0.2) is 46.9 Å². The summed E-state index contributed by atoms with van der Waals surface area (Å²) in [7, 11) is 0. The maximum absolute atomic E-state index is 5.74. The topological polar surface area (TPSA) is 30.5 Å². The van der Waals surface area contributed by atoms with Gasteiger partial charge >= 0.3 is 0 Å². The van der Waals surface area contributed by atoms with Crippen molar-refractivity contribution >= 4 is 15.9 Å². The molecule has 0 aliphatic rings. The van der Waals surface area contributed by atoms with Crippen molar-refractivity contribution < 1.29 is 9.47 Å². The molecule has 0 aliphatic heterocycles. The normalized spacial score (nSPS) is 12.0. The third-order valence-corrected chi connectivity index (χ3v) is 4.61. The lowest BCUT2D eigenvalue weighted by molar-refractivity contribution is 0.286. The molecule has 0 aliphatic carbocycles. The largest absolute Gasteiger partial charge is 0.490 e. The average molecular weight is 406 g/mol. The Hall–Kier alpha value is -1.52. The molecule has 1 N–H and O–H groups in total. The predicted octanol–water partition coefficient (Wildman–Crippen LogP) is 5.36. The molecule has 0 spiro atoms. The van der Waals surface area contributed by atoms with E-state index in [0.717, 1.165) is 35.4 Å². The molecule has 136 valence electrons. The van der Waals surface area contributed by atoms with Gasteiger partial charge < -0.3 is 14.8 Å². The molecular weight excluding hydrogens is 378 g/mol. The van der Waals surface area contributed by atoms with E-state index in [1.54, 1.807) is 0 Å². The number of aryl methyl sites for hydroxylation is 1. The van der Waals surface area contributed by atoms with Crippen LogP contribution in [0.4, 0.5) is 0 Å². The summed E-state index contributed by atoms with van der Waals surface area (Å²) in [5, 5.41) is 3.60. The number of halogens is 1. The minimum atomic E-state index is 0.445. The van der Waals surface area contributed by atoms with Gasteiger partial charge in [0, 0.05) is 12.6 Å². The Bertz CT molecular complexity index is 646. The highest BCUT2D eigenvalue weighted by Gasteiger charge is 2.12. The van der Waals surface area contributed by atoms with Crippen LogP contribution in [-0.4, -0.2) is 19.3 Å². The summed E-state index contributed by atoms with van der Waals surface area (Å²) < 4.78 is 12.4. The van der Waals surface area contributed by atoms with E-state index in [2.05, 4.69) is 70.6 Å².